The lowest BCUT2D eigenvalue weighted by Crippen LogP contribution is -2.29. The molecule has 0 saturated carbocycles. The molecule has 0 aromatic carbocycles. The van der Waals surface area contributed by atoms with E-state index in [4.69, 9.17) is 10.8 Å². The molecule has 1 heterocycles. The van der Waals surface area contributed by atoms with Gasteiger partial charge in [0.1, 0.15) is 0 Å². The molecule has 0 aliphatic rings. The maximum absolute atomic E-state index is 11.9. The number of amides is 1. The zero-order valence-electron chi connectivity index (χ0n) is 9.59. The Balaban J connectivity index is 2.58. The Bertz CT molecular complexity index is 420. The van der Waals surface area contributed by atoms with Gasteiger partial charge in [-0.1, -0.05) is 0 Å². The number of aliphatic carboxylic acids is 1. The molecule has 1 rings (SSSR count). The van der Waals surface area contributed by atoms with Crippen molar-refractivity contribution in [3.63, 3.8) is 0 Å². The fourth-order valence-electron chi connectivity index (χ4n) is 1.35. The molecule has 6 heteroatoms. The number of carboxylic acid groups (broad SMARTS) is 1. The summed E-state index contributed by atoms with van der Waals surface area (Å²) in [7, 11) is 1.60. The van der Waals surface area contributed by atoms with Crippen LogP contribution in [0.2, 0.25) is 0 Å². The normalized spacial score (nSPS) is 9.94. The molecule has 1 aromatic heterocycles. The van der Waals surface area contributed by atoms with E-state index in [0.717, 1.165) is 0 Å². The van der Waals surface area contributed by atoms with Crippen LogP contribution in [0.5, 0.6) is 0 Å². The molecule has 3 N–H and O–H groups in total. The van der Waals surface area contributed by atoms with Crippen molar-refractivity contribution in [2.24, 2.45) is 0 Å². The number of carbonyl (C=O) groups is 2. The topological polar surface area (TPSA) is 96.5 Å². The van der Waals surface area contributed by atoms with Crippen molar-refractivity contribution in [2.75, 3.05) is 19.3 Å². The maximum atomic E-state index is 11.9. The molecule has 0 spiro atoms. The molecular weight excluding hydrogens is 222 g/mol. The monoisotopic (exact) mass is 237 g/mol. The van der Waals surface area contributed by atoms with Gasteiger partial charge in [-0.3, -0.25) is 9.59 Å². The first kappa shape index (κ1) is 13.0. The lowest BCUT2D eigenvalue weighted by atomic mass is 10.2. The highest BCUT2D eigenvalue weighted by Gasteiger charge is 2.15. The first-order valence-corrected chi connectivity index (χ1v) is 5.20. The number of nitrogens with two attached hydrogens (primary N) is 1. The second-order valence-corrected chi connectivity index (χ2v) is 3.67. The van der Waals surface area contributed by atoms with Crippen molar-refractivity contribution in [1.29, 1.82) is 0 Å². The molecule has 92 valence electrons. The highest BCUT2D eigenvalue weighted by molar-refractivity contribution is 5.96. The number of aromatic nitrogens is 1. The van der Waals surface area contributed by atoms with Crippen LogP contribution < -0.4 is 5.73 Å². The fraction of sp³-hybridized carbons (Fsp3) is 0.364. The lowest BCUT2D eigenvalue weighted by Gasteiger charge is -2.16. The maximum Gasteiger partial charge on any atom is 0.303 e. The standard InChI is InChI=1S/C11H15N3O3/c1-14(7-3-5-9(15)16)11(17)10-8(12)4-2-6-13-10/h2,4,6H,3,5,7,12H2,1H3,(H,15,16). The number of carbonyl (C=O) groups excluding carboxylic acids is 1. The summed E-state index contributed by atoms with van der Waals surface area (Å²) in [6, 6.07) is 3.25. The number of carboxylic acids is 1. The van der Waals surface area contributed by atoms with E-state index in [1.165, 1.54) is 11.1 Å². The molecule has 0 saturated heterocycles. The van der Waals surface area contributed by atoms with Crippen LogP contribution in [0.4, 0.5) is 5.69 Å². The molecule has 0 unspecified atom stereocenters. The summed E-state index contributed by atoms with van der Waals surface area (Å²) < 4.78 is 0. The molecule has 0 fully saturated rings. The third-order valence-corrected chi connectivity index (χ3v) is 2.27. The summed E-state index contributed by atoms with van der Waals surface area (Å²) in [5, 5.41) is 8.49. The largest absolute Gasteiger partial charge is 0.481 e. The van der Waals surface area contributed by atoms with Gasteiger partial charge < -0.3 is 15.7 Å². The van der Waals surface area contributed by atoms with Gasteiger partial charge in [-0.05, 0) is 18.6 Å². The zero-order valence-corrected chi connectivity index (χ0v) is 9.59. The van der Waals surface area contributed by atoms with Crippen molar-refractivity contribution in [2.45, 2.75) is 12.8 Å². The van der Waals surface area contributed by atoms with Crippen LogP contribution in [0.1, 0.15) is 23.3 Å². The van der Waals surface area contributed by atoms with Crippen molar-refractivity contribution in [3.05, 3.63) is 24.0 Å². The van der Waals surface area contributed by atoms with Gasteiger partial charge in [0.05, 0.1) is 5.69 Å². The van der Waals surface area contributed by atoms with Crippen LogP contribution in [0.25, 0.3) is 0 Å². The summed E-state index contributed by atoms with van der Waals surface area (Å²) >= 11 is 0. The zero-order chi connectivity index (χ0) is 12.8. The van der Waals surface area contributed by atoms with E-state index in [1.807, 2.05) is 0 Å². The molecule has 17 heavy (non-hydrogen) atoms. The van der Waals surface area contributed by atoms with Gasteiger partial charge in [0.2, 0.25) is 0 Å². The summed E-state index contributed by atoms with van der Waals surface area (Å²) in [5.41, 5.74) is 6.15. The fourth-order valence-corrected chi connectivity index (χ4v) is 1.35. The summed E-state index contributed by atoms with van der Waals surface area (Å²) in [6.07, 6.45) is 1.94. The number of rotatable bonds is 5. The third kappa shape index (κ3) is 3.75. The van der Waals surface area contributed by atoms with Crippen molar-refractivity contribution in [3.8, 4) is 0 Å². The number of nitrogen functional groups attached to an aromatic ring is 1. The quantitative estimate of drug-likeness (QED) is 0.781. The Kier molecular flexibility index (Phi) is 4.45. The highest BCUT2D eigenvalue weighted by atomic mass is 16.4. The Morgan fingerprint density at radius 1 is 1.53 bits per heavy atom. The molecular formula is C11H15N3O3. The van der Waals surface area contributed by atoms with Crippen LogP contribution in [0, 0.1) is 0 Å². The molecule has 6 nitrogen and oxygen atoms in total. The van der Waals surface area contributed by atoms with E-state index >= 15 is 0 Å². The summed E-state index contributed by atoms with van der Waals surface area (Å²) in [5.74, 6) is -1.17. The smallest absolute Gasteiger partial charge is 0.303 e. The number of anilines is 1. The average molecular weight is 237 g/mol. The second-order valence-electron chi connectivity index (χ2n) is 3.67. The molecule has 1 amide bonds. The Labute approximate surface area is 99.1 Å². The second kappa shape index (κ2) is 5.83. The minimum atomic E-state index is -0.872. The third-order valence-electron chi connectivity index (χ3n) is 2.27. The minimum Gasteiger partial charge on any atom is -0.481 e. The molecule has 0 aliphatic heterocycles. The van der Waals surface area contributed by atoms with E-state index in [9.17, 15) is 9.59 Å². The lowest BCUT2D eigenvalue weighted by molar-refractivity contribution is -0.137. The molecule has 0 bridgehead atoms. The first-order valence-electron chi connectivity index (χ1n) is 5.20. The average Bonchev–Trinajstić information content (AvgIpc) is 2.28. The van der Waals surface area contributed by atoms with Crippen molar-refractivity contribution >= 4 is 17.6 Å². The van der Waals surface area contributed by atoms with E-state index in [1.54, 1.807) is 19.2 Å². The summed E-state index contributed by atoms with van der Waals surface area (Å²) in [6.45, 7) is 0.362. The van der Waals surface area contributed by atoms with E-state index in [-0.39, 0.29) is 18.0 Å². The molecule has 0 atom stereocenters. The highest BCUT2D eigenvalue weighted by Crippen LogP contribution is 2.09. The number of hydrogen-bond donors (Lipinski definition) is 2. The molecule has 0 aliphatic carbocycles. The molecule has 1 aromatic rings. The molecule has 0 radical (unpaired) electrons. The first-order chi connectivity index (χ1) is 8.02. The Morgan fingerprint density at radius 3 is 2.82 bits per heavy atom. The van der Waals surface area contributed by atoms with Gasteiger partial charge in [0, 0.05) is 26.2 Å². The van der Waals surface area contributed by atoms with Crippen molar-refractivity contribution < 1.29 is 14.7 Å². The van der Waals surface area contributed by atoms with E-state index < -0.39 is 5.97 Å². The Morgan fingerprint density at radius 2 is 2.24 bits per heavy atom. The predicted molar refractivity (Wildman–Crippen MR) is 62.5 cm³/mol. The van der Waals surface area contributed by atoms with Gasteiger partial charge in [-0.15, -0.1) is 0 Å². The van der Waals surface area contributed by atoms with Crippen LogP contribution in [0.3, 0.4) is 0 Å². The van der Waals surface area contributed by atoms with Gasteiger partial charge in [-0.25, -0.2) is 4.98 Å². The van der Waals surface area contributed by atoms with Gasteiger partial charge in [-0.2, -0.15) is 0 Å². The summed E-state index contributed by atoms with van der Waals surface area (Å²) in [4.78, 5) is 27.5. The van der Waals surface area contributed by atoms with E-state index in [2.05, 4.69) is 4.98 Å². The van der Waals surface area contributed by atoms with Crippen molar-refractivity contribution in [1.82, 2.24) is 9.88 Å². The van der Waals surface area contributed by atoms with E-state index in [0.29, 0.717) is 18.7 Å². The van der Waals surface area contributed by atoms with Crippen LogP contribution in [0.15, 0.2) is 18.3 Å². The van der Waals surface area contributed by atoms with Crippen LogP contribution in [-0.2, 0) is 4.79 Å². The van der Waals surface area contributed by atoms with Crippen LogP contribution >= 0.6 is 0 Å². The van der Waals surface area contributed by atoms with Gasteiger partial charge in [0.15, 0.2) is 5.69 Å². The number of pyridine rings is 1. The predicted octanol–water partition coefficient (Wildman–Crippen LogP) is 0.601. The van der Waals surface area contributed by atoms with Gasteiger partial charge >= 0.3 is 5.97 Å². The number of nitrogens with zero attached hydrogens (tertiary/aromatic N) is 2. The SMILES string of the molecule is CN(CCCC(=O)O)C(=O)c1ncccc1N. The van der Waals surface area contributed by atoms with Gasteiger partial charge in [0.25, 0.3) is 5.91 Å². The number of hydrogen-bond acceptors (Lipinski definition) is 4. The minimum absolute atomic E-state index is 0.0370. The Hall–Kier alpha value is -2.11. The van der Waals surface area contributed by atoms with Crippen LogP contribution in [-0.4, -0.2) is 40.5 Å².